The van der Waals surface area contributed by atoms with Crippen LogP contribution in [0, 0.1) is 5.41 Å². The Morgan fingerprint density at radius 2 is 1.64 bits per heavy atom. The van der Waals surface area contributed by atoms with Gasteiger partial charge in [0.25, 0.3) is 0 Å². The highest BCUT2D eigenvalue weighted by Gasteiger charge is 2.46. The Labute approximate surface area is 84.1 Å². The van der Waals surface area contributed by atoms with Crippen LogP contribution in [0.25, 0.3) is 0 Å². The van der Waals surface area contributed by atoms with Gasteiger partial charge in [-0.2, -0.15) is 0 Å². The molecule has 0 aromatic carbocycles. The highest BCUT2D eigenvalue weighted by molar-refractivity contribution is 5.85. The molecule has 2 fully saturated rings. The van der Waals surface area contributed by atoms with E-state index in [1.807, 2.05) is 0 Å². The summed E-state index contributed by atoms with van der Waals surface area (Å²) in [6.07, 6.45) is 3.37. The molecule has 3 nitrogen and oxygen atoms in total. The summed E-state index contributed by atoms with van der Waals surface area (Å²) in [5.41, 5.74) is -0.270. The number of ketones is 1. The third kappa shape index (κ3) is 1.86. The first-order valence-corrected chi connectivity index (χ1v) is 4.92. The maximum Gasteiger partial charge on any atom is 0.312 e. The molecule has 0 bridgehead atoms. The first-order valence-electron chi connectivity index (χ1n) is 4.92. The molecule has 0 unspecified atom stereocenters. The second-order valence-electron chi connectivity index (χ2n) is 3.70. The molecule has 1 saturated carbocycles. The number of cyclic esters (lactones) is 1. The van der Waals surface area contributed by atoms with Crippen LogP contribution < -0.4 is 0 Å². The predicted molar refractivity (Wildman–Crippen MR) is 52.7 cm³/mol. The molecule has 0 radical (unpaired) electrons. The fourth-order valence-corrected chi connectivity index (χ4v) is 2.06. The van der Waals surface area contributed by atoms with E-state index in [4.69, 9.17) is 4.74 Å². The summed E-state index contributed by atoms with van der Waals surface area (Å²) < 4.78 is 4.93. The van der Waals surface area contributed by atoms with Crippen molar-refractivity contribution in [3.63, 3.8) is 0 Å². The fourth-order valence-electron chi connectivity index (χ4n) is 2.06. The summed E-state index contributed by atoms with van der Waals surface area (Å²) in [6.45, 7) is 6.55. The van der Waals surface area contributed by atoms with Crippen LogP contribution >= 0.6 is 0 Å². The normalized spacial score (nSPS) is 24.0. The summed E-state index contributed by atoms with van der Waals surface area (Å²) in [4.78, 5) is 22.3. The standard InChI is InChI=1S/C9H12O3.C2H4/c10-7-1-3-9(4-2-7)5-6-12-8(9)11;1-2/h1-6H2;1-2H2. The first-order chi connectivity index (χ1) is 6.73. The van der Waals surface area contributed by atoms with Gasteiger partial charge in [0.1, 0.15) is 5.78 Å². The van der Waals surface area contributed by atoms with Gasteiger partial charge in [-0.3, -0.25) is 9.59 Å². The number of hydrogen-bond acceptors (Lipinski definition) is 3. The van der Waals surface area contributed by atoms with E-state index < -0.39 is 0 Å². The second kappa shape index (κ2) is 4.40. The number of rotatable bonds is 0. The maximum atomic E-state index is 11.3. The van der Waals surface area contributed by atoms with Crippen LogP contribution in [0.3, 0.4) is 0 Å². The van der Waals surface area contributed by atoms with Gasteiger partial charge in [-0.25, -0.2) is 0 Å². The number of Topliss-reactive ketones (excluding diaryl/α,β-unsaturated/α-hetero) is 1. The van der Waals surface area contributed by atoms with Crippen molar-refractivity contribution in [1.82, 2.24) is 0 Å². The largest absolute Gasteiger partial charge is 0.465 e. The summed E-state index contributed by atoms with van der Waals surface area (Å²) in [5, 5.41) is 0. The van der Waals surface area contributed by atoms with Gasteiger partial charge in [-0.1, -0.05) is 0 Å². The molecule has 3 heteroatoms. The average Bonchev–Trinajstić information content (AvgIpc) is 2.57. The van der Waals surface area contributed by atoms with Crippen molar-refractivity contribution < 1.29 is 14.3 Å². The third-order valence-corrected chi connectivity index (χ3v) is 3.01. The van der Waals surface area contributed by atoms with Gasteiger partial charge < -0.3 is 4.74 Å². The van der Waals surface area contributed by atoms with Crippen molar-refractivity contribution >= 4 is 11.8 Å². The molecule has 78 valence electrons. The SMILES string of the molecule is C=C.O=C1CCC2(CCOC2=O)CC1. The molecule has 1 aliphatic carbocycles. The molecular formula is C11H16O3. The molecule has 1 aliphatic heterocycles. The van der Waals surface area contributed by atoms with Crippen LogP contribution in [0.2, 0.25) is 0 Å². The van der Waals surface area contributed by atoms with Crippen molar-refractivity contribution in [3.05, 3.63) is 13.2 Å². The van der Waals surface area contributed by atoms with Crippen LogP contribution in [-0.2, 0) is 14.3 Å². The number of hydrogen-bond donors (Lipinski definition) is 0. The summed E-state index contributed by atoms with van der Waals surface area (Å²) in [5.74, 6) is 0.218. The molecule has 1 spiro atoms. The van der Waals surface area contributed by atoms with E-state index in [-0.39, 0.29) is 11.4 Å². The van der Waals surface area contributed by atoms with E-state index in [0.29, 0.717) is 38.1 Å². The lowest BCUT2D eigenvalue weighted by atomic mass is 9.73. The van der Waals surface area contributed by atoms with Crippen molar-refractivity contribution in [3.8, 4) is 0 Å². The van der Waals surface area contributed by atoms with Gasteiger partial charge in [0.05, 0.1) is 12.0 Å². The highest BCUT2D eigenvalue weighted by atomic mass is 16.5. The minimum Gasteiger partial charge on any atom is -0.465 e. The lowest BCUT2D eigenvalue weighted by Gasteiger charge is -2.27. The number of esters is 1. The summed E-state index contributed by atoms with van der Waals surface area (Å²) in [7, 11) is 0. The lowest BCUT2D eigenvalue weighted by molar-refractivity contribution is -0.148. The molecule has 0 aromatic rings. The zero-order chi connectivity index (χ0) is 10.6. The Morgan fingerprint density at radius 1 is 1.07 bits per heavy atom. The molecule has 1 saturated heterocycles. The molecule has 0 N–H and O–H groups in total. The smallest absolute Gasteiger partial charge is 0.312 e. The molecule has 2 rings (SSSR count). The van der Waals surface area contributed by atoms with Crippen LogP contribution in [0.4, 0.5) is 0 Å². The molecule has 0 atom stereocenters. The molecule has 0 aromatic heterocycles. The highest BCUT2D eigenvalue weighted by Crippen LogP contribution is 2.42. The van der Waals surface area contributed by atoms with E-state index in [1.165, 1.54) is 0 Å². The van der Waals surface area contributed by atoms with Crippen molar-refractivity contribution in [2.24, 2.45) is 5.41 Å². The molecule has 1 heterocycles. The first kappa shape index (κ1) is 11.0. The van der Waals surface area contributed by atoms with Gasteiger partial charge in [0.2, 0.25) is 0 Å². The monoisotopic (exact) mass is 196 g/mol. The quantitative estimate of drug-likeness (QED) is 0.439. The third-order valence-electron chi connectivity index (χ3n) is 3.01. The van der Waals surface area contributed by atoms with Crippen molar-refractivity contribution in [1.29, 1.82) is 0 Å². The zero-order valence-corrected chi connectivity index (χ0v) is 8.38. The Hall–Kier alpha value is -1.12. The molecule has 14 heavy (non-hydrogen) atoms. The van der Waals surface area contributed by atoms with Crippen LogP contribution in [0.1, 0.15) is 32.1 Å². The Morgan fingerprint density at radius 3 is 2.07 bits per heavy atom. The summed E-state index contributed by atoms with van der Waals surface area (Å²) >= 11 is 0. The minimum atomic E-state index is -0.270. The van der Waals surface area contributed by atoms with Gasteiger partial charge >= 0.3 is 5.97 Å². The topological polar surface area (TPSA) is 43.4 Å². The van der Waals surface area contributed by atoms with Crippen LogP contribution in [0.5, 0.6) is 0 Å². The molecule has 2 aliphatic rings. The Balaban J connectivity index is 0.000000461. The van der Waals surface area contributed by atoms with E-state index in [1.54, 1.807) is 0 Å². The zero-order valence-electron chi connectivity index (χ0n) is 8.38. The van der Waals surface area contributed by atoms with Crippen molar-refractivity contribution in [2.75, 3.05) is 6.61 Å². The number of carbonyl (C=O) groups excluding carboxylic acids is 2. The van der Waals surface area contributed by atoms with Crippen LogP contribution in [-0.4, -0.2) is 18.4 Å². The Bertz CT molecular complexity index is 235. The minimum absolute atomic E-state index is 0.0741. The Kier molecular flexibility index (Phi) is 3.44. The van der Waals surface area contributed by atoms with E-state index in [9.17, 15) is 9.59 Å². The van der Waals surface area contributed by atoms with E-state index >= 15 is 0 Å². The fraction of sp³-hybridized carbons (Fsp3) is 0.636. The van der Waals surface area contributed by atoms with Gasteiger partial charge in [-0.05, 0) is 19.3 Å². The van der Waals surface area contributed by atoms with E-state index in [0.717, 1.165) is 6.42 Å². The van der Waals surface area contributed by atoms with Gasteiger partial charge in [0.15, 0.2) is 0 Å². The van der Waals surface area contributed by atoms with Crippen LogP contribution in [0.15, 0.2) is 13.2 Å². The summed E-state index contributed by atoms with van der Waals surface area (Å²) in [6, 6.07) is 0. The lowest BCUT2D eigenvalue weighted by Crippen LogP contribution is -2.31. The van der Waals surface area contributed by atoms with Gasteiger partial charge in [-0.15, -0.1) is 13.2 Å². The second-order valence-corrected chi connectivity index (χ2v) is 3.70. The van der Waals surface area contributed by atoms with Gasteiger partial charge in [0, 0.05) is 12.8 Å². The number of carbonyl (C=O) groups is 2. The molecular weight excluding hydrogens is 180 g/mol. The predicted octanol–water partition coefficient (Wildman–Crippen LogP) is 1.86. The number of ether oxygens (including phenoxy) is 1. The maximum absolute atomic E-state index is 11.3. The van der Waals surface area contributed by atoms with E-state index in [2.05, 4.69) is 13.2 Å². The molecule has 0 amide bonds. The van der Waals surface area contributed by atoms with Crippen molar-refractivity contribution in [2.45, 2.75) is 32.1 Å². The average molecular weight is 196 g/mol.